The molecule has 2 heterocycles. The maximum Gasteiger partial charge on any atom is 0.183 e. The van der Waals surface area contributed by atoms with Crippen LogP contribution in [-0.2, 0) is 11.3 Å². The molecule has 0 atom stereocenters. The van der Waals surface area contributed by atoms with Crippen LogP contribution in [0, 0.1) is 0 Å². The molecule has 0 aliphatic carbocycles. The summed E-state index contributed by atoms with van der Waals surface area (Å²) in [5.74, 6) is 0.684. The molecule has 7 nitrogen and oxygen atoms in total. The van der Waals surface area contributed by atoms with Crippen LogP contribution in [0.15, 0.2) is 6.33 Å². The molecule has 0 aromatic carbocycles. The van der Waals surface area contributed by atoms with Gasteiger partial charge in [0.25, 0.3) is 0 Å². The molecule has 7 heteroatoms. The smallest absolute Gasteiger partial charge is 0.183 e. The Labute approximate surface area is 86.5 Å². The maximum absolute atomic E-state index is 4.97. The van der Waals surface area contributed by atoms with Crippen LogP contribution in [0.1, 0.15) is 0 Å². The van der Waals surface area contributed by atoms with Crippen molar-refractivity contribution in [3.8, 4) is 0 Å². The largest absolute Gasteiger partial charge is 0.383 e. The SMILES string of the molecule is CNc1ncnc2c1nnn2CCOC. The summed E-state index contributed by atoms with van der Waals surface area (Å²) in [5.41, 5.74) is 1.39. The molecule has 0 fully saturated rings. The number of rotatable bonds is 4. The predicted molar refractivity (Wildman–Crippen MR) is 54.5 cm³/mol. The quantitative estimate of drug-likeness (QED) is 0.756. The number of ether oxygens (including phenoxy) is 1. The molecular weight excluding hydrogens is 196 g/mol. The van der Waals surface area contributed by atoms with Crippen LogP contribution < -0.4 is 5.32 Å². The van der Waals surface area contributed by atoms with E-state index in [1.807, 2.05) is 0 Å². The van der Waals surface area contributed by atoms with Crippen LogP contribution >= 0.6 is 0 Å². The van der Waals surface area contributed by atoms with Crippen molar-refractivity contribution in [2.75, 3.05) is 26.1 Å². The Hall–Kier alpha value is -1.76. The Bertz CT molecular complexity index is 453. The highest BCUT2D eigenvalue weighted by Crippen LogP contribution is 2.14. The molecule has 0 unspecified atom stereocenters. The van der Waals surface area contributed by atoms with E-state index >= 15 is 0 Å². The lowest BCUT2D eigenvalue weighted by atomic mass is 10.5. The molecule has 2 aromatic rings. The van der Waals surface area contributed by atoms with Crippen molar-refractivity contribution in [2.45, 2.75) is 6.54 Å². The fourth-order valence-electron chi connectivity index (χ4n) is 1.30. The van der Waals surface area contributed by atoms with Crippen LogP contribution in [0.2, 0.25) is 0 Å². The van der Waals surface area contributed by atoms with Gasteiger partial charge in [-0.1, -0.05) is 5.21 Å². The zero-order valence-electron chi connectivity index (χ0n) is 8.64. The molecule has 1 N–H and O–H groups in total. The number of aromatic nitrogens is 5. The normalized spacial score (nSPS) is 10.8. The molecule has 0 saturated carbocycles. The van der Waals surface area contributed by atoms with Crippen molar-refractivity contribution in [3.05, 3.63) is 6.33 Å². The molecule has 80 valence electrons. The summed E-state index contributed by atoms with van der Waals surface area (Å²) in [7, 11) is 3.43. The number of nitrogens with zero attached hydrogens (tertiary/aromatic N) is 5. The van der Waals surface area contributed by atoms with E-state index in [-0.39, 0.29) is 0 Å². The molecular formula is C8H12N6O. The standard InChI is InChI=1S/C8H12N6O/c1-9-7-6-8(11-5-10-7)14(13-12-6)3-4-15-2/h5H,3-4H2,1-2H3,(H,9,10,11). The third kappa shape index (κ3) is 1.73. The number of nitrogens with one attached hydrogen (secondary N) is 1. The summed E-state index contributed by atoms with van der Waals surface area (Å²) < 4.78 is 6.67. The number of hydrogen-bond donors (Lipinski definition) is 1. The first-order valence-corrected chi connectivity index (χ1v) is 4.57. The van der Waals surface area contributed by atoms with Crippen LogP contribution in [0.4, 0.5) is 5.82 Å². The second-order valence-corrected chi connectivity index (χ2v) is 2.95. The minimum Gasteiger partial charge on any atom is -0.383 e. The highest BCUT2D eigenvalue weighted by molar-refractivity contribution is 5.81. The number of methoxy groups -OCH3 is 1. The third-order valence-electron chi connectivity index (χ3n) is 2.04. The Morgan fingerprint density at radius 1 is 1.47 bits per heavy atom. The molecule has 2 rings (SSSR count). The summed E-state index contributed by atoms with van der Waals surface area (Å²) in [6.07, 6.45) is 1.49. The first kappa shape index (κ1) is 9.78. The second kappa shape index (κ2) is 4.18. The lowest BCUT2D eigenvalue weighted by molar-refractivity contribution is 0.184. The average Bonchev–Trinajstić information content (AvgIpc) is 2.69. The van der Waals surface area contributed by atoms with Crippen molar-refractivity contribution < 1.29 is 4.74 Å². The van der Waals surface area contributed by atoms with Crippen molar-refractivity contribution >= 4 is 17.0 Å². The maximum atomic E-state index is 4.97. The van der Waals surface area contributed by atoms with E-state index in [1.54, 1.807) is 18.8 Å². The van der Waals surface area contributed by atoms with E-state index in [2.05, 4.69) is 25.6 Å². The topological polar surface area (TPSA) is 77.8 Å². The molecule has 0 aliphatic rings. The van der Waals surface area contributed by atoms with Gasteiger partial charge in [-0.25, -0.2) is 14.6 Å². The zero-order valence-corrected chi connectivity index (χ0v) is 8.64. The number of fused-ring (bicyclic) bond motifs is 1. The Balaban J connectivity index is 2.42. The van der Waals surface area contributed by atoms with Gasteiger partial charge in [0.05, 0.1) is 13.2 Å². The molecule has 0 bridgehead atoms. The van der Waals surface area contributed by atoms with Gasteiger partial charge in [0.15, 0.2) is 17.0 Å². The van der Waals surface area contributed by atoms with E-state index in [4.69, 9.17) is 4.74 Å². The zero-order chi connectivity index (χ0) is 10.7. The highest BCUT2D eigenvalue weighted by Gasteiger charge is 2.09. The minimum absolute atomic E-state index is 0.581. The summed E-state index contributed by atoms with van der Waals surface area (Å²) >= 11 is 0. The van der Waals surface area contributed by atoms with Crippen molar-refractivity contribution in [1.82, 2.24) is 25.0 Å². The molecule has 0 amide bonds. The number of anilines is 1. The Morgan fingerprint density at radius 3 is 3.07 bits per heavy atom. The minimum atomic E-state index is 0.581. The highest BCUT2D eigenvalue weighted by atomic mass is 16.5. The summed E-state index contributed by atoms with van der Waals surface area (Å²) in [6.45, 7) is 1.21. The van der Waals surface area contributed by atoms with Crippen molar-refractivity contribution in [1.29, 1.82) is 0 Å². The first-order chi connectivity index (χ1) is 7.36. The molecule has 2 aromatic heterocycles. The van der Waals surface area contributed by atoms with Gasteiger partial charge in [-0.05, 0) is 0 Å². The van der Waals surface area contributed by atoms with Crippen molar-refractivity contribution in [2.24, 2.45) is 0 Å². The Kier molecular flexibility index (Phi) is 2.72. The summed E-state index contributed by atoms with van der Waals surface area (Å²) in [6, 6.07) is 0. The van der Waals surface area contributed by atoms with E-state index in [0.29, 0.717) is 30.1 Å². The molecule has 0 saturated heterocycles. The van der Waals surface area contributed by atoms with Crippen LogP contribution in [0.3, 0.4) is 0 Å². The van der Waals surface area contributed by atoms with Crippen LogP contribution in [0.25, 0.3) is 11.2 Å². The van der Waals surface area contributed by atoms with Gasteiger partial charge in [0.1, 0.15) is 6.33 Å². The van der Waals surface area contributed by atoms with Gasteiger partial charge >= 0.3 is 0 Å². The molecule has 15 heavy (non-hydrogen) atoms. The molecule has 0 aliphatic heterocycles. The predicted octanol–water partition coefficient (Wildman–Crippen LogP) is -0.0906. The molecule has 0 radical (unpaired) electrons. The third-order valence-corrected chi connectivity index (χ3v) is 2.04. The monoisotopic (exact) mass is 208 g/mol. The lowest BCUT2D eigenvalue weighted by Gasteiger charge is -2.00. The first-order valence-electron chi connectivity index (χ1n) is 4.57. The van der Waals surface area contributed by atoms with Crippen LogP contribution in [-0.4, -0.2) is 45.7 Å². The summed E-state index contributed by atoms with van der Waals surface area (Å²) in [5, 5.41) is 10.9. The van der Waals surface area contributed by atoms with E-state index in [9.17, 15) is 0 Å². The lowest BCUT2D eigenvalue weighted by Crippen LogP contribution is -2.06. The van der Waals surface area contributed by atoms with Crippen LogP contribution in [0.5, 0.6) is 0 Å². The van der Waals surface area contributed by atoms with Gasteiger partial charge < -0.3 is 10.1 Å². The Morgan fingerprint density at radius 2 is 2.33 bits per heavy atom. The fraction of sp³-hybridized carbons (Fsp3) is 0.500. The van der Waals surface area contributed by atoms with E-state index in [0.717, 1.165) is 0 Å². The second-order valence-electron chi connectivity index (χ2n) is 2.95. The van der Waals surface area contributed by atoms with Gasteiger partial charge in [-0.3, -0.25) is 0 Å². The average molecular weight is 208 g/mol. The fourth-order valence-corrected chi connectivity index (χ4v) is 1.30. The van der Waals surface area contributed by atoms with Gasteiger partial charge in [-0.2, -0.15) is 0 Å². The number of hydrogen-bond acceptors (Lipinski definition) is 6. The van der Waals surface area contributed by atoms with E-state index < -0.39 is 0 Å². The van der Waals surface area contributed by atoms with Crippen molar-refractivity contribution in [3.63, 3.8) is 0 Å². The van der Waals surface area contributed by atoms with Gasteiger partial charge in [0, 0.05) is 14.2 Å². The van der Waals surface area contributed by atoms with Gasteiger partial charge in [-0.15, -0.1) is 5.10 Å². The van der Waals surface area contributed by atoms with E-state index in [1.165, 1.54) is 6.33 Å². The van der Waals surface area contributed by atoms with Gasteiger partial charge in [0.2, 0.25) is 0 Å². The molecule has 0 spiro atoms. The summed E-state index contributed by atoms with van der Waals surface area (Å²) in [4.78, 5) is 8.18.